The fourth-order valence-electron chi connectivity index (χ4n) is 5.29. The minimum atomic E-state index is -4.62. The number of azide groups is 1. The first kappa shape index (κ1) is 32.1. The monoisotopic (exact) mass is 629 g/mol. The van der Waals surface area contributed by atoms with Gasteiger partial charge in [0.05, 0.1) is 12.2 Å². The number of nitrogens with one attached hydrogen (secondary N) is 1. The van der Waals surface area contributed by atoms with Crippen LogP contribution < -0.4 is 10.1 Å². The lowest BCUT2D eigenvalue weighted by molar-refractivity contribution is -0.138. The minimum Gasteiger partial charge on any atom is -0.494 e. The topological polar surface area (TPSA) is 129 Å². The van der Waals surface area contributed by atoms with E-state index in [9.17, 15) is 23.5 Å². The summed E-state index contributed by atoms with van der Waals surface area (Å²) in [5, 5.41) is 15.5. The summed E-state index contributed by atoms with van der Waals surface area (Å²) in [7, 11) is 0. The van der Waals surface area contributed by atoms with E-state index < -0.39 is 35.8 Å². The number of rotatable bonds is 12. The van der Waals surface area contributed by atoms with Gasteiger partial charge in [0.2, 0.25) is 5.90 Å². The van der Waals surface area contributed by atoms with Gasteiger partial charge in [0, 0.05) is 42.2 Å². The lowest BCUT2D eigenvalue weighted by Gasteiger charge is -2.31. The smallest absolute Gasteiger partial charge is 0.416 e. The molecule has 0 saturated heterocycles. The van der Waals surface area contributed by atoms with E-state index in [2.05, 4.69) is 15.3 Å². The third-order valence-corrected chi connectivity index (χ3v) is 7.50. The second-order valence-corrected chi connectivity index (χ2v) is 10.5. The number of halogens is 3. The zero-order chi connectivity index (χ0) is 32.6. The first-order chi connectivity index (χ1) is 22.2. The Kier molecular flexibility index (Phi) is 9.90. The highest BCUT2D eigenvalue weighted by Gasteiger charge is 2.53. The molecule has 0 radical (unpaired) electrons. The van der Waals surface area contributed by atoms with Crippen molar-refractivity contribution in [3.63, 3.8) is 0 Å². The molecule has 0 fully saturated rings. The van der Waals surface area contributed by atoms with Crippen molar-refractivity contribution >= 4 is 17.5 Å². The Morgan fingerprint density at radius 1 is 0.978 bits per heavy atom. The molecule has 0 aliphatic carbocycles. The SMILES string of the molecule is [N-]=[N+]=Nc1ccccc1C[C@@]1(C(=O)NCc2ccccc2C(F)(F)F)N=C(c2ccc(OCCCO)cc2)O[C@@H]1c1ccccc1. The molecule has 0 bridgehead atoms. The van der Waals surface area contributed by atoms with E-state index in [0.717, 1.165) is 6.07 Å². The van der Waals surface area contributed by atoms with Gasteiger partial charge in [-0.25, -0.2) is 4.99 Å². The summed E-state index contributed by atoms with van der Waals surface area (Å²) in [6.07, 6.45) is -5.24. The molecule has 5 rings (SSSR count). The van der Waals surface area contributed by atoms with E-state index in [-0.39, 0.29) is 30.2 Å². The quantitative estimate of drug-likeness (QED) is 0.0742. The molecule has 236 valence electrons. The van der Waals surface area contributed by atoms with Crippen molar-refractivity contribution in [1.29, 1.82) is 0 Å². The van der Waals surface area contributed by atoms with Gasteiger partial charge in [-0.15, -0.1) is 0 Å². The molecule has 1 amide bonds. The minimum absolute atomic E-state index is 0.00164. The van der Waals surface area contributed by atoms with Crippen molar-refractivity contribution in [2.75, 3.05) is 13.2 Å². The van der Waals surface area contributed by atoms with Crippen LogP contribution in [-0.2, 0) is 28.7 Å². The van der Waals surface area contributed by atoms with Crippen molar-refractivity contribution < 1.29 is 32.5 Å². The molecule has 1 aliphatic rings. The van der Waals surface area contributed by atoms with E-state index >= 15 is 0 Å². The average Bonchev–Trinajstić information content (AvgIpc) is 3.45. The number of carbonyl (C=O) groups excluding carboxylic acids is 1. The van der Waals surface area contributed by atoms with Gasteiger partial charge < -0.3 is 19.9 Å². The van der Waals surface area contributed by atoms with Crippen LogP contribution in [-0.4, -0.2) is 35.7 Å². The number of amides is 1. The maximum atomic E-state index is 14.4. The van der Waals surface area contributed by atoms with E-state index in [1.54, 1.807) is 72.8 Å². The number of hydrogen-bond acceptors (Lipinski definition) is 6. The van der Waals surface area contributed by atoms with Gasteiger partial charge in [-0.2, -0.15) is 13.2 Å². The summed E-state index contributed by atoms with van der Waals surface area (Å²) in [5.74, 6) is 0.0296. The fourth-order valence-corrected chi connectivity index (χ4v) is 5.29. The summed E-state index contributed by atoms with van der Waals surface area (Å²) in [4.78, 5) is 22.2. The fraction of sp³-hybridized carbons (Fsp3) is 0.235. The van der Waals surface area contributed by atoms with Crippen molar-refractivity contribution in [2.45, 2.75) is 37.2 Å². The predicted octanol–water partition coefficient (Wildman–Crippen LogP) is 7.22. The third kappa shape index (κ3) is 7.14. The number of ether oxygens (including phenoxy) is 2. The summed E-state index contributed by atoms with van der Waals surface area (Å²) in [5.41, 5.74) is 8.44. The van der Waals surface area contributed by atoms with Crippen LogP contribution in [0.4, 0.5) is 18.9 Å². The predicted molar refractivity (Wildman–Crippen MR) is 165 cm³/mol. The molecule has 12 heteroatoms. The molecule has 0 unspecified atom stereocenters. The van der Waals surface area contributed by atoms with Crippen molar-refractivity contribution in [1.82, 2.24) is 5.32 Å². The Balaban J connectivity index is 1.59. The van der Waals surface area contributed by atoms with Gasteiger partial charge >= 0.3 is 6.18 Å². The van der Waals surface area contributed by atoms with E-state index in [1.807, 2.05) is 6.07 Å². The van der Waals surface area contributed by atoms with Crippen molar-refractivity contribution in [2.24, 2.45) is 10.1 Å². The standard InChI is InChI=1S/C34H30F3N5O4/c35-34(36,37)28-13-6-4-12-26(28)22-39-32(44)33(21-25-11-5-7-14-29(25)41-42-38)30(23-9-2-1-3-10-23)46-31(40-33)24-15-17-27(18-16-24)45-20-8-19-43/h1-7,9-18,30,43H,8,19-22H2,(H,39,44)/t30-,33-/m1/s1. The molecule has 46 heavy (non-hydrogen) atoms. The van der Waals surface area contributed by atoms with Crippen LogP contribution in [0, 0.1) is 0 Å². The Bertz CT molecular complexity index is 1740. The molecule has 9 nitrogen and oxygen atoms in total. The Hall–Kier alpha value is -5.32. The number of benzene rings is 4. The van der Waals surface area contributed by atoms with Crippen LogP contribution in [0.2, 0.25) is 0 Å². The number of nitrogens with zero attached hydrogens (tertiary/aromatic N) is 4. The molecule has 1 heterocycles. The molecule has 1 aliphatic heterocycles. The maximum absolute atomic E-state index is 14.4. The number of aliphatic hydroxyl groups excluding tert-OH is 1. The zero-order valence-corrected chi connectivity index (χ0v) is 24.5. The van der Waals surface area contributed by atoms with E-state index in [0.29, 0.717) is 35.5 Å². The molecule has 2 atom stereocenters. The van der Waals surface area contributed by atoms with Crippen LogP contribution in [0.5, 0.6) is 5.75 Å². The molecule has 4 aromatic rings. The molecule has 0 saturated carbocycles. The average molecular weight is 630 g/mol. The highest BCUT2D eigenvalue weighted by atomic mass is 19.4. The van der Waals surface area contributed by atoms with Crippen molar-refractivity contribution in [3.05, 3.63) is 141 Å². The van der Waals surface area contributed by atoms with E-state index in [4.69, 9.17) is 19.6 Å². The van der Waals surface area contributed by atoms with Gasteiger partial charge in [-0.05, 0) is 52.6 Å². The Labute approximate surface area is 263 Å². The number of hydrogen-bond donors (Lipinski definition) is 2. The largest absolute Gasteiger partial charge is 0.494 e. The third-order valence-electron chi connectivity index (χ3n) is 7.50. The normalized spacial score (nSPS) is 17.4. The Morgan fingerprint density at radius 2 is 1.65 bits per heavy atom. The lowest BCUT2D eigenvalue weighted by Crippen LogP contribution is -2.49. The number of aliphatic imine (C=N–C) groups is 1. The summed E-state index contributed by atoms with van der Waals surface area (Å²) in [6.45, 7) is -0.0897. The summed E-state index contributed by atoms with van der Waals surface area (Å²) < 4.78 is 53.4. The molecule has 4 aromatic carbocycles. The number of alkyl halides is 3. The highest BCUT2D eigenvalue weighted by molar-refractivity contribution is 6.01. The van der Waals surface area contributed by atoms with Crippen molar-refractivity contribution in [3.8, 4) is 5.75 Å². The van der Waals surface area contributed by atoms with Gasteiger partial charge in [0.15, 0.2) is 11.6 Å². The van der Waals surface area contributed by atoms with Gasteiger partial charge in [-0.1, -0.05) is 77.9 Å². The van der Waals surface area contributed by atoms with Crippen LogP contribution >= 0.6 is 0 Å². The number of aliphatic hydroxyl groups is 1. The van der Waals surface area contributed by atoms with Gasteiger partial charge in [0.25, 0.3) is 5.91 Å². The van der Waals surface area contributed by atoms with Crippen LogP contribution in [0.15, 0.2) is 113 Å². The van der Waals surface area contributed by atoms with Crippen LogP contribution in [0.1, 0.15) is 40.3 Å². The second kappa shape index (κ2) is 14.2. The first-order valence-corrected chi connectivity index (χ1v) is 14.5. The lowest BCUT2D eigenvalue weighted by atomic mass is 9.81. The van der Waals surface area contributed by atoms with Gasteiger partial charge in [0.1, 0.15) is 5.75 Å². The van der Waals surface area contributed by atoms with E-state index in [1.165, 1.54) is 18.2 Å². The summed E-state index contributed by atoms with van der Waals surface area (Å²) in [6, 6.07) is 27.5. The van der Waals surface area contributed by atoms with Gasteiger partial charge in [-0.3, -0.25) is 4.79 Å². The second-order valence-electron chi connectivity index (χ2n) is 10.5. The number of carbonyl (C=O) groups is 1. The molecular formula is C34H30F3N5O4. The van der Waals surface area contributed by atoms with Crippen LogP contribution in [0.3, 0.4) is 0 Å². The molecular weight excluding hydrogens is 599 g/mol. The Morgan fingerprint density at radius 3 is 2.35 bits per heavy atom. The highest BCUT2D eigenvalue weighted by Crippen LogP contribution is 2.44. The zero-order valence-electron chi connectivity index (χ0n) is 24.5. The van der Waals surface area contributed by atoms with Crippen LogP contribution in [0.25, 0.3) is 10.4 Å². The first-order valence-electron chi connectivity index (χ1n) is 14.5. The molecule has 0 aromatic heterocycles. The molecule has 0 spiro atoms. The maximum Gasteiger partial charge on any atom is 0.416 e. The summed E-state index contributed by atoms with van der Waals surface area (Å²) >= 11 is 0. The molecule has 2 N–H and O–H groups in total.